The molecule has 112 valence electrons. The van der Waals surface area contributed by atoms with Gasteiger partial charge >= 0.3 is 0 Å². The van der Waals surface area contributed by atoms with Crippen molar-refractivity contribution in [1.82, 2.24) is 14.9 Å². The van der Waals surface area contributed by atoms with Crippen LogP contribution in [0.5, 0.6) is 0 Å². The second-order valence-electron chi connectivity index (χ2n) is 5.18. The van der Waals surface area contributed by atoms with E-state index in [1.54, 1.807) is 11.2 Å². The molecule has 1 heterocycles. The number of aliphatic hydroxyl groups is 1. The number of benzene rings is 1. The zero-order chi connectivity index (χ0) is 15.2. The molecule has 0 saturated heterocycles. The number of hydrogen-bond donors (Lipinski definition) is 2. The lowest BCUT2D eigenvalue weighted by Gasteiger charge is -2.21. The summed E-state index contributed by atoms with van der Waals surface area (Å²) < 4.78 is 0. The summed E-state index contributed by atoms with van der Waals surface area (Å²) >= 11 is 0. The quantitative estimate of drug-likeness (QED) is 0.847. The molecule has 2 rings (SSSR count). The largest absolute Gasteiger partial charge is 0.395 e. The number of carbonyl (C=O) groups is 1. The fraction of sp³-hybridized carbons (Fsp3) is 0.375. The van der Waals surface area contributed by atoms with Crippen LogP contribution in [0.15, 0.2) is 30.6 Å². The first-order valence-corrected chi connectivity index (χ1v) is 7.03. The van der Waals surface area contributed by atoms with Crippen LogP contribution in [-0.4, -0.2) is 39.0 Å². The van der Waals surface area contributed by atoms with Gasteiger partial charge in [-0.15, -0.1) is 0 Å². The van der Waals surface area contributed by atoms with Crippen molar-refractivity contribution < 1.29 is 9.90 Å². The van der Waals surface area contributed by atoms with Gasteiger partial charge in [-0.1, -0.05) is 29.8 Å². The number of nitrogens with one attached hydrogen (secondary N) is 1. The second-order valence-corrected chi connectivity index (χ2v) is 5.18. The first-order chi connectivity index (χ1) is 10.1. The number of imidazole rings is 1. The molecular weight excluding hydrogens is 266 g/mol. The van der Waals surface area contributed by atoms with E-state index in [-0.39, 0.29) is 12.5 Å². The highest BCUT2D eigenvalue weighted by molar-refractivity contribution is 5.78. The van der Waals surface area contributed by atoms with E-state index in [0.717, 1.165) is 22.5 Å². The molecule has 5 heteroatoms. The summed E-state index contributed by atoms with van der Waals surface area (Å²) in [6, 6.07) is 7.91. The normalized spacial score (nSPS) is 10.6. The standard InChI is InChI=1S/C16H21N3O2/c1-12-4-3-5-14(8-12)9-16(21)19(6-7-20)10-15-13(2)17-11-18-15/h3-5,8,11,20H,6-7,9-10H2,1-2H3,(H,17,18). The molecule has 0 fully saturated rings. The Balaban J connectivity index is 2.07. The van der Waals surface area contributed by atoms with Crippen molar-refractivity contribution >= 4 is 5.91 Å². The molecule has 0 aliphatic rings. The van der Waals surface area contributed by atoms with Crippen LogP contribution in [0.1, 0.15) is 22.5 Å². The molecule has 21 heavy (non-hydrogen) atoms. The maximum atomic E-state index is 12.4. The van der Waals surface area contributed by atoms with E-state index < -0.39 is 0 Å². The molecule has 1 amide bonds. The number of rotatable bonds is 6. The van der Waals surface area contributed by atoms with Gasteiger partial charge in [-0.05, 0) is 19.4 Å². The topological polar surface area (TPSA) is 69.2 Å². The molecule has 0 radical (unpaired) electrons. The number of nitrogens with zero attached hydrogens (tertiary/aromatic N) is 2. The van der Waals surface area contributed by atoms with Crippen LogP contribution < -0.4 is 0 Å². The summed E-state index contributed by atoms with van der Waals surface area (Å²) in [7, 11) is 0. The third-order valence-electron chi connectivity index (χ3n) is 3.44. The van der Waals surface area contributed by atoms with Gasteiger partial charge in [0, 0.05) is 12.2 Å². The number of aliphatic hydroxyl groups excluding tert-OH is 1. The Bertz CT molecular complexity index is 607. The summed E-state index contributed by atoms with van der Waals surface area (Å²) in [5, 5.41) is 9.17. The van der Waals surface area contributed by atoms with Gasteiger partial charge in [0.15, 0.2) is 0 Å². The highest BCUT2D eigenvalue weighted by atomic mass is 16.3. The van der Waals surface area contributed by atoms with Crippen LogP contribution >= 0.6 is 0 Å². The molecule has 0 atom stereocenters. The monoisotopic (exact) mass is 287 g/mol. The fourth-order valence-electron chi connectivity index (χ4n) is 2.25. The van der Waals surface area contributed by atoms with Crippen LogP contribution in [0, 0.1) is 13.8 Å². The van der Waals surface area contributed by atoms with Gasteiger partial charge in [0.1, 0.15) is 0 Å². The number of amides is 1. The third kappa shape index (κ3) is 4.16. The summed E-state index contributed by atoms with van der Waals surface area (Å²) in [6.45, 7) is 4.61. The average molecular weight is 287 g/mol. The molecule has 1 aromatic carbocycles. The van der Waals surface area contributed by atoms with Crippen LogP contribution in [0.2, 0.25) is 0 Å². The summed E-state index contributed by atoms with van der Waals surface area (Å²) in [4.78, 5) is 21.3. The van der Waals surface area contributed by atoms with Gasteiger partial charge in [-0.2, -0.15) is 0 Å². The van der Waals surface area contributed by atoms with E-state index in [2.05, 4.69) is 9.97 Å². The predicted molar refractivity (Wildman–Crippen MR) is 80.7 cm³/mol. The average Bonchev–Trinajstić information content (AvgIpc) is 2.84. The molecule has 2 N–H and O–H groups in total. The Morgan fingerprint density at radius 1 is 1.38 bits per heavy atom. The lowest BCUT2D eigenvalue weighted by Crippen LogP contribution is -2.34. The highest BCUT2D eigenvalue weighted by Crippen LogP contribution is 2.10. The van der Waals surface area contributed by atoms with Crippen molar-refractivity contribution in [2.45, 2.75) is 26.8 Å². The van der Waals surface area contributed by atoms with Gasteiger partial charge in [0.2, 0.25) is 5.91 Å². The molecule has 0 spiro atoms. The minimum absolute atomic E-state index is 0.00273. The lowest BCUT2D eigenvalue weighted by atomic mass is 10.1. The Labute approximate surface area is 124 Å². The predicted octanol–water partition coefficient (Wildman–Crippen LogP) is 1.59. The van der Waals surface area contributed by atoms with E-state index in [9.17, 15) is 9.90 Å². The van der Waals surface area contributed by atoms with E-state index in [4.69, 9.17) is 0 Å². The van der Waals surface area contributed by atoms with Crippen molar-refractivity contribution in [2.24, 2.45) is 0 Å². The smallest absolute Gasteiger partial charge is 0.227 e. The van der Waals surface area contributed by atoms with Gasteiger partial charge < -0.3 is 15.0 Å². The minimum atomic E-state index is -0.0526. The number of H-pyrrole nitrogens is 1. The Kier molecular flexibility index (Phi) is 5.11. The Morgan fingerprint density at radius 2 is 2.19 bits per heavy atom. The van der Waals surface area contributed by atoms with Crippen LogP contribution in [-0.2, 0) is 17.8 Å². The second kappa shape index (κ2) is 7.04. The molecule has 5 nitrogen and oxygen atoms in total. The van der Waals surface area contributed by atoms with Gasteiger partial charge in [0.05, 0.1) is 31.6 Å². The van der Waals surface area contributed by atoms with Crippen molar-refractivity contribution in [3.63, 3.8) is 0 Å². The summed E-state index contributed by atoms with van der Waals surface area (Å²) in [6.07, 6.45) is 1.96. The number of carbonyl (C=O) groups excluding carboxylic acids is 1. The highest BCUT2D eigenvalue weighted by Gasteiger charge is 2.16. The summed E-state index contributed by atoms with van der Waals surface area (Å²) in [5.74, 6) is -0.00273. The number of hydrogen-bond acceptors (Lipinski definition) is 3. The van der Waals surface area contributed by atoms with E-state index in [1.165, 1.54) is 0 Å². The van der Waals surface area contributed by atoms with Crippen LogP contribution in [0.3, 0.4) is 0 Å². The molecular formula is C16H21N3O2. The van der Waals surface area contributed by atoms with E-state index in [1.807, 2.05) is 38.1 Å². The maximum Gasteiger partial charge on any atom is 0.227 e. The van der Waals surface area contributed by atoms with Crippen molar-refractivity contribution in [3.05, 3.63) is 53.1 Å². The zero-order valence-electron chi connectivity index (χ0n) is 12.5. The molecule has 2 aromatic rings. The molecule has 0 unspecified atom stereocenters. The number of aromatic amines is 1. The minimum Gasteiger partial charge on any atom is -0.395 e. The van der Waals surface area contributed by atoms with Crippen molar-refractivity contribution in [3.8, 4) is 0 Å². The maximum absolute atomic E-state index is 12.4. The van der Waals surface area contributed by atoms with Crippen molar-refractivity contribution in [1.29, 1.82) is 0 Å². The molecule has 1 aromatic heterocycles. The zero-order valence-corrected chi connectivity index (χ0v) is 12.5. The van der Waals surface area contributed by atoms with Gasteiger partial charge in [0.25, 0.3) is 0 Å². The first-order valence-electron chi connectivity index (χ1n) is 7.03. The third-order valence-corrected chi connectivity index (χ3v) is 3.44. The van der Waals surface area contributed by atoms with Gasteiger partial charge in [-0.25, -0.2) is 4.98 Å². The fourth-order valence-corrected chi connectivity index (χ4v) is 2.25. The first kappa shape index (κ1) is 15.3. The lowest BCUT2D eigenvalue weighted by molar-refractivity contribution is -0.131. The SMILES string of the molecule is Cc1cccc(CC(=O)N(CCO)Cc2nc[nH]c2C)c1. The van der Waals surface area contributed by atoms with Crippen LogP contribution in [0.4, 0.5) is 0 Å². The molecule has 0 saturated carbocycles. The Hall–Kier alpha value is -2.14. The summed E-state index contributed by atoms with van der Waals surface area (Å²) in [5.41, 5.74) is 3.90. The molecule has 0 aliphatic heterocycles. The van der Waals surface area contributed by atoms with Crippen molar-refractivity contribution in [2.75, 3.05) is 13.2 Å². The number of aryl methyl sites for hydroxylation is 2. The van der Waals surface area contributed by atoms with Gasteiger partial charge in [-0.3, -0.25) is 4.79 Å². The van der Waals surface area contributed by atoms with E-state index in [0.29, 0.717) is 19.5 Å². The van der Waals surface area contributed by atoms with Crippen LogP contribution in [0.25, 0.3) is 0 Å². The number of aromatic nitrogens is 2. The molecule has 0 bridgehead atoms. The molecule has 0 aliphatic carbocycles. The Morgan fingerprint density at radius 3 is 2.81 bits per heavy atom. The van der Waals surface area contributed by atoms with E-state index >= 15 is 0 Å².